The molecule has 9 heteroatoms. The zero-order chi connectivity index (χ0) is 15.6. The predicted octanol–water partition coefficient (Wildman–Crippen LogP) is 1.63. The predicted molar refractivity (Wildman–Crippen MR) is 64.6 cm³/mol. The highest BCUT2D eigenvalue weighted by Crippen LogP contribution is 2.25. The minimum atomic E-state index is -4.90. The van der Waals surface area contributed by atoms with Crippen molar-refractivity contribution >= 4 is 10.0 Å². The van der Waals surface area contributed by atoms with Gasteiger partial charge < -0.3 is 9.84 Å². The van der Waals surface area contributed by atoms with E-state index in [0.29, 0.717) is 0 Å². The van der Waals surface area contributed by atoms with Crippen LogP contribution in [-0.4, -0.2) is 32.0 Å². The standard InChI is InChI=1S/C11H14F3NO4S/c1-10(2,7-16)15-20(17,18)9-5-3-4-8(6-9)19-11(12,13)14/h3-6,15-16H,7H2,1-2H3. The summed E-state index contributed by atoms with van der Waals surface area (Å²) >= 11 is 0. The quantitative estimate of drug-likeness (QED) is 0.866. The average molecular weight is 313 g/mol. The summed E-state index contributed by atoms with van der Waals surface area (Å²) in [5.74, 6) is -0.637. The van der Waals surface area contributed by atoms with Gasteiger partial charge in [0.2, 0.25) is 10.0 Å². The zero-order valence-corrected chi connectivity index (χ0v) is 11.5. The summed E-state index contributed by atoms with van der Waals surface area (Å²) in [7, 11) is -4.07. The molecule has 0 saturated heterocycles. The molecule has 0 amide bonds. The van der Waals surface area contributed by atoms with Crippen LogP contribution in [0, 0.1) is 0 Å². The summed E-state index contributed by atoms with van der Waals surface area (Å²) in [5, 5.41) is 9.01. The van der Waals surface area contributed by atoms with Gasteiger partial charge >= 0.3 is 6.36 Å². The number of aliphatic hydroxyl groups excluding tert-OH is 1. The monoisotopic (exact) mass is 313 g/mol. The maximum absolute atomic E-state index is 12.1. The Morgan fingerprint density at radius 1 is 1.30 bits per heavy atom. The Kier molecular flexibility index (Phi) is 4.67. The van der Waals surface area contributed by atoms with Gasteiger partial charge in [-0.05, 0) is 26.0 Å². The Bertz CT molecular complexity index is 569. The molecule has 0 unspecified atom stereocenters. The van der Waals surface area contributed by atoms with Gasteiger partial charge in [-0.2, -0.15) is 0 Å². The molecule has 0 fully saturated rings. The van der Waals surface area contributed by atoms with Crippen LogP contribution < -0.4 is 9.46 Å². The summed E-state index contributed by atoms with van der Waals surface area (Å²) in [6.07, 6.45) is -4.90. The summed E-state index contributed by atoms with van der Waals surface area (Å²) in [6, 6.07) is 3.99. The second-order valence-corrected chi connectivity index (χ2v) is 6.35. The topological polar surface area (TPSA) is 75.6 Å². The lowest BCUT2D eigenvalue weighted by atomic mass is 10.1. The van der Waals surface area contributed by atoms with Gasteiger partial charge in [0.1, 0.15) is 5.75 Å². The van der Waals surface area contributed by atoms with Gasteiger partial charge in [-0.3, -0.25) is 0 Å². The Labute approximate surface area is 114 Å². The van der Waals surface area contributed by atoms with E-state index >= 15 is 0 Å². The summed E-state index contributed by atoms with van der Waals surface area (Å²) in [6.45, 7) is 2.40. The van der Waals surface area contributed by atoms with E-state index < -0.39 is 34.3 Å². The highest BCUT2D eigenvalue weighted by atomic mass is 32.2. The fraction of sp³-hybridized carbons (Fsp3) is 0.455. The molecule has 20 heavy (non-hydrogen) atoms. The summed E-state index contributed by atoms with van der Waals surface area (Å²) in [4.78, 5) is -0.388. The Morgan fingerprint density at radius 3 is 2.40 bits per heavy atom. The lowest BCUT2D eigenvalue weighted by molar-refractivity contribution is -0.274. The van der Waals surface area contributed by atoms with E-state index in [0.717, 1.165) is 24.3 Å². The van der Waals surface area contributed by atoms with Gasteiger partial charge in [0.05, 0.1) is 17.0 Å². The molecule has 0 aromatic heterocycles. The van der Waals surface area contributed by atoms with Crippen molar-refractivity contribution in [3.05, 3.63) is 24.3 Å². The molecular weight excluding hydrogens is 299 g/mol. The third-order valence-electron chi connectivity index (χ3n) is 2.16. The number of benzene rings is 1. The number of hydrogen-bond acceptors (Lipinski definition) is 4. The fourth-order valence-electron chi connectivity index (χ4n) is 1.29. The second-order valence-electron chi connectivity index (χ2n) is 4.67. The van der Waals surface area contributed by atoms with Crippen LogP contribution >= 0.6 is 0 Å². The molecule has 0 aliphatic rings. The minimum Gasteiger partial charge on any atom is -0.406 e. The normalized spacial score (nSPS) is 13.3. The van der Waals surface area contributed by atoms with E-state index in [4.69, 9.17) is 5.11 Å². The number of rotatable bonds is 5. The number of alkyl halides is 3. The van der Waals surface area contributed by atoms with E-state index in [1.165, 1.54) is 13.8 Å². The molecule has 1 aromatic carbocycles. The van der Waals surface area contributed by atoms with Crippen LogP contribution in [0.25, 0.3) is 0 Å². The van der Waals surface area contributed by atoms with Crippen molar-refractivity contribution in [3.63, 3.8) is 0 Å². The van der Waals surface area contributed by atoms with Crippen LogP contribution in [0.1, 0.15) is 13.8 Å². The van der Waals surface area contributed by atoms with E-state index in [1.807, 2.05) is 0 Å². The molecule has 2 N–H and O–H groups in total. The first-order valence-electron chi connectivity index (χ1n) is 5.46. The van der Waals surface area contributed by atoms with Gasteiger partial charge in [0.25, 0.3) is 0 Å². The summed E-state index contributed by atoms with van der Waals surface area (Å²) in [5.41, 5.74) is -1.14. The van der Waals surface area contributed by atoms with Gasteiger partial charge in [-0.15, -0.1) is 13.2 Å². The molecule has 0 spiro atoms. The van der Waals surface area contributed by atoms with Crippen molar-refractivity contribution < 1.29 is 31.4 Å². The Morgan fingerprint density at radius 2 is 1.90 bits per heavy atom. The molecular formula is C11H14F3NO4S. The lowest BCUT2D eigenvalue weighted by Crippen LogP contribution is -2.46. The lowest BCUT2D eigenvalue weighted by Gasteiger charge is -2.23. The first-order valence-corrected chi connectivity index (χ1v) is 6.94. The van der Waals surface area contributed by atoms with Crippen molar-refractivity contribution in [3.8, 4) is 5.75 Å². The SMILES string of the molecule is CC(C)(CO)NS(=O)(=O)c1cccc(OC(F)(F)F)c1. The first-order chi connectivity index (χ1) is 8.95. The van der Waals surface area contributed by atoms with Crippen molar-refractivity contribution in [2.24, 2.45) is 0 Å². The summed E-state index contributed by atoms with van der Waals surface area (Å²) < 4.78 is 66.0. The number of hydrogen-bond donors (Lipinski definition) is 2. The van der Waals surface area contributed by atoms with Crippen LogP contribution in [0.5, 0.6) is 5.75 Å². The molecule has 0 radical (unpaired) electrons. The van der Waals surface area contributed by atoms with Crippen LogP contribution in [-0.2, 0) is 10.0 Å². The number of ether oxygens (including phenoxy) is 1. The highest BCUT2D eigenvalue weighted by molar-refractivity contribution is 7.89. The highest BCUT2D eigenvalue weighted by Gasteiger charge is 2.32. The molecule has 0 heterocycles. The fourth-order valence-corrected chi connectivity index (χ4v) is 2.73. The van der Waals surface area contributed by atoms with E-state index in [9.17, 15) is 21.6 Å². The van der Waals surface area contributed by atoms with Crippen molar-refractivity contribution in [2.45, 2.75) is 30.6 Å². The van der Waals surface area contributed by atoms with Crippen molar-refractivity contribution in [2.75, 3.05) is 6.61 Å². The van der Waals surface area contributed by atoms with E-state index in [1.54, 1.807) is 0 Å². The molecule has 0 atom stereocenters. The van der Waals surface area contributed by atoms with Crippen LogP contribution in [0.15, 0.2) is 29.2 Å². The zero-order valence-electron chi connectivity index (χ0n) is 10.7. The third-order valence-corrected chi connectivity index (χ3v) is 3.85. The van der Waals surface area contributed by atoms with Gasteiger partial charge in [-0.1, -0.05) is 6.07 Å². The van der Waals surface area contributed by atoms with Crippen molar-refractivity contribution in [1.82, 2.24) is 4.72 Å². The molecule has 0 aliphatic carbocycles. The number of nitrogens with one attached hydrogen (secondary N) is 1. The van der Waals surface area contributed by atoms with Gasteiger partial charge in [-0.25, -0.2) is 13.1 Å². The molecule has 1 aromatic rings. The molecule has 0 saturated carbocycles. The third kappa shape index (κ3) is 4.99. The van der Waals surface area contributed by atoms with Crippen LogP contribution in [0.3, 0.4) is 0 Å². The minimum absolute atomic E-state index is 0.388. The molecule has 1 rings (SSSR count). The molecule has 0 aliphatic heterocycles. The number of aliphatic hydroxyl groups is 1. The first kappa shape index (κ1) is 16.7. The van der Waals surface area contributed by atoms with E-state index in [-0.39, 0.29) is 4.90 Å². The van der Waals surface area contributed by atoms with Gasteiger partial charge in [0, 0.05) is 6.07 Å². The molecule has 114 valence electrons. The molecule has 0 bridgehead atoms. The largest absolute Gasteiger partial charge is 0.573 e. The van der Waals surface area contributed by atoms with Gasteiger partial charge in [0.15, 0.2) is 0 Å². The number of halogens is 3. The number of sulfonamides is 1. The molecule has 5 nitrogen and oxygen atoms in total. The smallest absolute Gasteiger partial charge is 0.406 e. The Hall–Kier alpha value is -1.32. The maximum Gasteiger partial charge on any atom is 0.573 e. The average Bonchev–Trinajstić information content (AvgIpc) is 2.26. The Balaban J connectivity index is 3.05. The second kappa shape index (κ2) is 5.58. The maximum atomic E-state index is 12.1. The van der Waals surface area contributed by atoms with Crippen LogP contribution in [0.2, 0.25) is 0 Å². The van der Waals surface area contributed by atoms with Crippen molar-refractivity contribution in [1.29, 1.82) is 0 Å². The van der Waals surface area contributed by atoms with E-state index in [2.05, 4.69) is 9.46 Å². The van der Waals surface area contributed by atoms with Crippen LogP contribution in [0.4, 0.5) is 13.2 Å².